The number of aliphatic hydroxyl groups is 1. The van der Waals surface area contributed by atoms with Gasteiger partial charge in [-0.05, 0) is 13.3 Å². The zero-order valence-corrected chi connectivity index (χ0v) is 13.6. The molecule has 20 heavy (non-hydrogen) atoms. The number of anilines is 2. The van der Waals surface area contributed by atoms with Crippen LogP contribution in [0.2, 0.25) is 0 Å². The SMILES string of the molecule is CCCNc1cc(N(C)CC(C)O)nc(C(C)(C)C)n1. The lowest BCUT2D eigenvalue weighted by Crippen LogP contribution is -2.29. The molecular weight excluding hydrogens is 252 g/mol. The maximum Gasteiger partial charge on any atom is 0.138 e. The van der Waals surface area contributed by atoms with Gasteiger partial charge in [0.25, 0.3) is 0 Å². The summed E-state index contributed by atoms with van der Waals surface area (Å²) >= 11 is 0. The van der Waals surface area contributed by atoms with Gasteiger partial charge in [-0.3, -0.25) is 0 Å². The van der Waals surface area contributed by atoms with E-state index in [1.54, 1.807) is 6.92 Å². The fourth-order valence-corrected chi connectivity index (χ4v) is 1.80. The largest absolute Gasteiger partial charge is 0.392 e. The Balaban J connectivity index is 3.09. The van der Waals surface area contributed by atoms with Crippen LogP contribution in [0.25, 0.3) is 0 Å². The Morgan fingerprint density at radius 3 is 2.50 bits per heavy atom. The van der Waals surface area contributed by atoms with Crippen LogP contribution in [-0.2, 0) is 5.41 Å². The second-order valence-corrected chi connectivity index (χ2v) is 6.34. The maximum atomic E-state index is 9.52. The molecule has 1 aromatic rings. The molecule has 0 aliphatic carbocycles. The average molecular weight is 280 g/mol. The zero-order chi connectivity index (χ0) is 15.3. The fourth-order valence-electron chi connectivity index (χ4n) is 1.80. The van der Waals surface area contributed by atoms with Gasteiger partial charge in [0.05, 0.1) is 6.10 Å². The van der Waals surface area contributed by atoms with Crippen molar-refractivity contribution in [1.82, 2.24) is 9.97 Å². The van der Waals surface area contributed by atoms with E-state index in [2.05, 4.69) is 43.0 Å². The third-order valence-corrected chi connectivity index (χ3v) is 2.87. The summed E-state index contributed by atoms with van der Waals surface area (Å²) in [6, 6.07) is 1.94. The van der Waals surface area contributed by atoms with E-state index in [4.69, 9.17) is 0 Å². The van der Waals surface area contributed by atoms with Crippen LogP contribution in [0, 0.1) is 0 Å². The fraction of sp³-hybridized carbons (Fsp3) is 0.733. The number of nitrogens with zero attached hydrogens (tertiary/aromatic N) is 3. The van der Waals surface area contributed by atoms with Gasteiger partial charge in [-0.25, -0.2) is 9.97 Å². The molecule has 0 aliphatic heterocycles. The first-order valence-electron chi connectivity index (χ1n) is 7.26. The van der Waals surface area contributed by atoms with E-state index in [0.717, 1.165) is 30.4 Å². The topological polar surface area (TPSA) is 61.3 Å². The van der Waals surface area contributed by atoms with Crippen molar-refractivity contribution in [2.75, 3.05) is 30.4 Å². The molecular formula is C15H28N4O. The van der Waals surface area contributed by atoms with E-state index in [0.29, 0.717) is 6.54 Å². The normalized spacial score (nSPS) is 13.2. The lowest BCUT2D eigenvalue weighted by atomic mass is 9.96. The van der Waals surface area contributed by atoms with E-state index in [9.17, 15) is 5.11 Å². The molecule has 2 N–H and O–H groups in total. The molecule has 0 saturated carbocycles. The number of aromatic nitrogens is 2. The van der Waals surface area contributed by atoms with Crippen molar-refractivity contribution in [2.45, 2.75) is 52.6 Å². The Morgan fingerprint density at radius 2 is 2.00 bits per heavy atom. The summed E-state index contributed by atoms with van der Waals surface area (Å²) in [5.74, 6) is 2.50. The van der Waals surface area contributed by atoms with Crippen molar-refractivity contribution in [2.24, 2.45) is 0 Å². The molecule has 1 aromatic heterocycles. The van der Waals surface area contributed by atoms with Gasteiger partial charge in [0.1, 0.15) is 17.5 Å². The van der Waals surface area contributed by atoms with Crippen molar-refractivity contribution in [1.29, 1.82) is 0 Å². The molecule has 0 fully saturated rings. The highest BCUT2D eigenvalue weighted by Crippen LogP contribution is 2.23. The molecule has 0 aliphatic rings. The molecule has 0 radical (unpaired) electrons. The summed E-state index contributed by atoms with van der Waals surface area (Å²) in [5, 5.41) is 12.8. The Morgan fingerprint density at radius 1 is 1.35 bits per heavy atom. The second kappa shape index (κ2) is 6.88. The summed E-state index contributed by atoms with van der Waals surface area (Å²) in [6.07, 6.45) is 0.661. The molecule has 0 amide bonds. The van der Waals surface area contributed by atoms with E-state index in [1.165, 1.54) is 0 Å². The minimum atomic E-state index is -0.389. The molecule has 5 heteroatoms. The summed E-state index contributed by atoms with van der Waals surface area (Å²) in [6.45, 7) is 11.6. The minimum absolute atomic E-state index is 0.107. The third kappa shape index (κ3) is 4.96. The lowest BCUT2D eigenvalue weighted by molar-refractivity contribution is 0.201. The van der Waals surface area contributed by atoms with Crippen LogP contribution in [0.4, 0.5) is 11.6 Å². The predicted octanol–water partition coefficient (Wildman–Crippen LogP) is 2.41. The molecule has 1 atom stereocenters. The van der Waals surface area contributed by atoms with Gasteiger partial charge >= 0.3 is 0 Å². The molecule has 0 aromatic carbocycles. The summed E-state index contributed by atoms with van der Waals surface area (Å²) in [4.78, 5) is 11.2. The first-order chi connectivity index (χ1) is 9.24. The van der Waals surface area contributed by atoms with Gasteiger partial charge in [0.15, 0.2) is 0 Å². The van der Waals surface area contributed by atoms with Crippen LogP contribution in [0.1, 0.15) is 46.9 Å². The van der Waals surface area contributed by atoms with Crippen LogP contribution in [-0.4, -0.2) is 41.3 Å². The van der Waals surface area contributed by atoms with E-state index < -0.39 is 0 Å². The summed E-state index contributed by atoms with van der Waals surface area (Å²) in [7, 11) is 1.94. The summed E-state index contributed by atoms with van der Waals surface area (Å²) < 4.78 is 0. The maximum absolute atomic E-state index is 9.52. The van der Waals surface area contributed by atoms with Crippen LogP contribution < -0.4 is 10.2 Å². The standard InChI is InChI=1S/C15H28N4O/c1-7-8-16-12-9-13(19(6)10-11(2)20)18-14(17-12)15(3,4)5/h9,11,20H,7-8,10H2,1-6H3,(H,16,17,18). The first-order valence-corrected chi connectivity index (χ1v) is 7.26. The summed E-state index contributed by atoms with van der Waals surface area (Å²) in [5.41, 5.74) is -0.107. The van der Waals surface area contributed by atoms with Crippen molar-refractivity contribution in [3.63, 3.8) is 0 Å². The number of rotatable bonds is 6. The Bertz CT molecular complexity index is 426. The van der Waals surface area contributed by atoms with Gasteiger partial charge in [-0.15, -0.1) is 0 Å². The van der Waals surface area contributed by atoms with Gasteiger partial charge in [0, 0.05) is 31.6 Å². The van der Waals surface area contributed by atoms with Gasteiger partial charge < -0.3 is 15.3 Å². The average Bonchev–Trinajstić information content (AvgIpc) is 2.34. The molecule has 1 heterocycles. The molecule has 1 unspecified atom stereocenters. The smallest absolute Gasteiger partial charge is 0.138 e. The van der Waals surface area contributed by atoms with E-state index in [1.807, 2.05) is 18.0 Å². The number of hydrogen-bond donors (Lipinski definition) is 2. The zero-order valence-electron chi connectivity index (χ0n) is 13.6. The van der Waals surface area contributed by atoms with Crippen LogP contribution in [0.3, 0.4) is 0 Å². The van der Waals surface area contributed by atoms with Crippen molar-refractivity contribution in [3.05, 3.63) is 11.9 Å². The van der Waals surface area contributed by atoms with Gasteiger partial charge in [-0.2, -0.15) is 0 Å². The van der Waals surface area contributed by atoms with Crippen LogP contribution >= 0.6 is 0 Å². The Hall–Kier alpha value is -1.36. The molecule has 114 valence electrons. The third-order valence-electron chi connectivity index (χ3n) is 2.87. The van der Waals surface area contributed by atoms with Crippen LogP contribution in [0.5, 0.6) is 0 Å². The number of aliphatic hydroxyl groups excluding tert-OH is 1. The first kappa shape index (κ1) is 16.7. The number of hydrogen-bond acceptors (Lipinski definition) is 5. The van der Waals surface area contributed by atoms with Crippen molar-refractivity contribution in [3.8, 4) is 0 Å². The number of nitrogens with one attached hydrogen (secondary N) is 1. The van der Waals surface area contributed by atoms with Gasteiger partial charge in [0.2, 0.25) is 0 Å². The Kier molecular flexibility index (Phi) is 5.74. The second-order valence-electron chi connectivity index (χ2n) is 6.34. The molecule has 0 spiro atoms. The van der Waals surface area contributed by atoms with E-state index >= 15 is 0 Å². The monoisotopic (exact) mass is 280 g/mol. The molecule has 0 bridgehead atoms. The van der Waals surface area contributed by atoms with E-state index in [-0.39, 0.29) is 11.5 Å². The van der Waals surface area contributed by atoms with Crippen molar-refractivity contribution >= 4 is 11.6 Å². The van der Waals surface area contributed by atoms with Crippen LogP contribution in [0.15, 0.2) is 6.07 Å². The quantitative estimate of drug-likeness (QED) is 0.838. The highest BCUT2D eigenvalue weighted by atomic mass is 16.3. The lowest BCUT2D eigenvalue weighted by Gasteiger charge is -2.24. The molecule has 0 saturated heterocycles. The molecule has 5 nitrogen and oxygen atoms in total. The number of likely N-dealkylation sites (N-methyl/N-ethyl adjacent to an activating group) is 1. The Labute approximate surface area is 122 Å². The minimum Gasteiger partial charge on any atom is -0.392 e. The molecule has 1 rings (SSSR count). The highest BCUT2D eigenvalue weighted by molar-refractivity contribution is 5.49. The highest BCUT2D eigenvalue weighted by Gasteiger charge is 2.20. The predicted molar refractivity (Wildman–Crippen MR) is 84.5 cm³/mol. The van der Waals surface area contributed by atoms with Gasteiger partial charge in [-0.1, -0.05) is 27.7 Å². The van der Waals surface area contributed by atoms with Crippen molar-refractivity contribution < 1.29 is 5.11 Å².